The van der Waals surface area contributed by atoms with Gasteiger partial charge in [0.1, 0.15) is 0 Å². The van der Waals surface area contributed by atoms with Crippen molar-refractivity contribution in [1.82, 2.24) is 5.32 Å². The van der Waals surface area contributed by atoms with E-state index in [1.807, 2.05) is 0 Å². The van der Waals surface area contributed by atoms with E-state index in [0.717, 1.165) is 19.3 Å². The van der Waals surface area contributed by atoms with E-state index in [9.17, 15) is 5.11 Å². The third-order valence-electron chi connectivity index (χ3n) is 4.41. The molecule has 2 N–H and O–H groups in total. The van der Waals surface area contributed by atoms with Gasteiger partial charge in [-0.25, -0.2) is 0 Å². The summed E-state index contributed by atoms with van der Waals surface area (Å²) in [5.74, 6) is 0.715. The van der Waals surface area contributed by atoms with Crippen molar-refractivity contribution in [3.63, 3.8) is 0 Å². The van der Waals surface area contributed by atoms with Crippen molar-refractivity contribution < 1.29 is 5.11 Å². The van der Waals surface area contributed by atoms with Gasteiger partial charge < -0.3 is 10.4 Å². The fourth-order valence-electron chi connectivity index (χ4n) is 3.51. The van der Waals surface area contributed by atoms with Crippen LogP contribution in [0.4, 0.5) is 0 Å². The average Bonchev–Trinajstić information content (AvgIpc) is 2.55. The summed E-state index contributed by atoms with van der Waals surface area (Å²) in [5, 5.41) is 14.2. The molecule has 2 nitrogen and oxygen atoms in total. The Hall–Kier alpha value is -0.0800. The van der Waals surface area contributed by atoms with Crippen molar-refractivity contribution in [2.45, 2.75) is 76.5 Å². The van der Waals surface area contributed by atoms with Gasteiger partial charge in [0.2, 0.25) is 0 Å². The number of piperidine rings is 1. The molecular formula is C13H25NO. The summed E-state index contributed by atoms with van der Waals surface area (Å²) in [5.41, 5.74) is -0.353. The second kappa shape index (κ2) is 4.42. The Morgan fingerprint density at radius 1 is 1.20 bits per heavy atom. The molecule has 2 heteroatoms. The van der Waals surface area contributed by atoms with E-state index in [2.05, 4.69) is 19.2 Å². The van der Waals surface area contributed by atoms with E-state index in [1.54, 1.807) is 0 Å². The lowest BCUT2D eigenvalue weighted by Gasteiger charge is -2.39. The highest BCUT2D eigenvalue weighted by Crippen LogP contribution is 2.38. The molecule has 0 aliphatic carbocycles. The predicted octanol–water partition coefficient (Wildman–Crippen LogP) is 2.46. The van der Waals surface area contributed by atoms with Crippen molar-refractivity contribution >= 4 is 0 Å². The number of aliphatic hydroxyl groups is 1. The van der Waals surface area contributed by atoms with E-state index in [1.165, 1.54) is 25.7 Å². The van der Waals surface area contributed by atoms with Crippen molar-refractivity contribution in [3.8, 4) is 0 Å². The van der Waals surface area contributed by atoms with E-state index in [4.69, 9.17) is 0 Å². The van der Waals surface area contributed by atoms with Gasteiger partial charge in [0, 0.05) is 12.1 Å². The summed E-state index contributed by atoms with van der Waals surface area (Å²) in [6, 6.07) is 1.20. The lowest BCUT2D eigenvalue weighted by molar-refractivity contribution is -0.0278. The van der Waals surface area contributed by atoms with Gasteiger partial charge in [-0.2, -0.15) is 0 Å². The van der Waals surface area contributed by atoms with Crippen LogP contribution in [0.1, 0.15) is 58.8 Å². The maximum Gasteiger partial charge on any atom is 0.0680 e. The Kier molecular flexibility index (Phi) is 3.36. The number of nitrogens with one attached hydrogen (secondary N) is 1. The quantitative estimate of drug-likeness (QED) is 0.748. The van der Waals surface area contributed by atoms with Crippen molar-refractivity contribution in [2.75, 3.05) is 0 Å². The lowest BCUT2D eigenvalue weighted by Crippen LogP contribution is -2.49. The predicted molar refractivity (Wildman–Crippen MR) is 62.8 cm³/mol. The Morgan fingerprint density at radius 3 is 2.20 bits per heavy atom. The molecule has 15 heavy (non-hydrogen) atoms. The van der Waals surface area contributed by atoms with E-state index < -0.39 is 0 Å². The Morgan fingerprint density at radius 2 is 1.73 bits per heavy atom. The van der Waals surface area contributed by atoms with Gasteiger partial charge >= 0.3 is 0 Å². The molecule has 0 radical (unpaired) electrons. The first-order valence-corrected chi connectivity index (χ1v) is 6.63. The fourth-order valence-corrected chi connectivity index (χ4v) is 3.51. The van der Waals surface area contributed by atoms with Crippen LogP contribution in [0.2, 0.25) is 0 Å². The number of hydrogen-bond acceptors (Lipinski definition) is 2. The smallest absolute Gasteiger partial charge is 0.0680 e. The van der Waals surface area contributed by atoms with E-state index in [-0.39, 0.29) is 5.60 Å². The minimum absolute atomic E-state index is 0.353. The van der Waals surface area contributed by atoms with Crippen LogP contribution in [-0.4, -0.2) is 22.8 Å². The maximum atomic E-state index is 10.6. The molecule has 2 fully saturated rings. The molecule has 2 atom stereocenters. The lowest BCUT2D eigenvalue weighted by atomic mass is 9.79. The minimum Gasteiger partial charge on any atom is -0.390 e. The molecule has 2 saturated heterocycles. The Bertz CT molecular complexity index is 201. The molecule has 2 aliphatic rings. The first-order chi connectivity index (χ1) is 7.15. The van der Waals surface area contributed by atoms with Gasteiger partial charge in [0.05, 0.1) is 5.60 Å². The highest BCUT2D eigenvalue weighted by molar-refractivity contribution is 5.00. The third kappa shape index (κ3) is 2.54. The van der Waals surface area contributed by atoms with E-state index in [0.29, 0.717) is 18.0 Å². The molecule has 0 aromatic rings. The summed E-state index contributed by atoms with van der Waals surface area (Å²) in [6.07, 6.45) is 7.96. The molecule has 2 heterocycles. The normalized spacial score (nSPS) is 40.0. The standard InChI is InChI=1S/C13H25NO/c1-3-10(4-2)7-13(15)8-11-5-6-12(9-13)14-11/h10-12,14-15H,3-9H2,1-2H3. The average molecular weight is 211 g/mol. The SMILES string of the molecule is CCC(CC)CC1(O)CC2CCC(C1)N2. The second-order valence-corrected chi connectivity index (χ2v) is 5.66. The second-order valence-electron chi connectivity index (χ2n) is 5.66. The zero-order valence-electron chi connectivity index (χ0n) is 10.1. The summed E-state index contributed by atoms with van der Waals surface area (Å²) < 4.78 is 0. The highest BCUT2D eigenvalue weighted by Gasteiger charge is 2.42. The van der Waals surface area contributed by atoms with Crippen LogP contribution < -0.4 is 5.32 Å². The third-order valence-corrected chi connectivity index (χ3v) is 4.41. The van der Waals surface area contributed by atoms with Crippen LogP contribution in [0.25, 0.3) is 0 Å². The van der Waals surface area contributed by atoms with Crippen molar-refractivity contribution in [3.05, 3.63) is 0 Å². The number of rotatable bonds is 4. The number of hydrogen-bond donors (Lipinski definition) is 2. The minimum atomic E-state index is -0.353. The molecule has 0 aromatic heterocycles. The molecule has 0 spiro atoms. The molecule has 0 saturated carbocycles. The molecule has 2 bridgehead atoms. The van der Waals surface area contributed by atoms with Gasteiger partial charge in [0.15, 0.2) is 0 Å². The van der Waals surface area contributed by atoms with Gasteiger partial charge in [-0.1, -0.05) is 26.7 Å². The topological polar surface area (TPSA) is 32.3 Å². The first kappa shape index (κ1) is 11.4. The summed E-state index contributed by atoms with van der Waals surface area (Å²) in [6.45, 7) is 4.49. The first-order valence-electron chi connectivity index (χ1n) is 6.63. The highest BCUT2D eigenvalue weighted by atomic mass is 16.3. The largest absolute Gasteiger partial charge is 0.390 e. The van der Waals surface area contributed by atoms with Gasteiger partial charge in [-0.15, -0.1) is 0 Å². The van der Waals surface area contributed by atoms with Crippen LogP contribution >= 0.6 is 0 Å². The van der Waals surface area contributed by atoms with E-state index >= 15 is 0 Å². The summed E-state index contributed by atoms with van der Waals surface area (Å²) >= 11 is 0. The maximum absolute atomic E-state index is 10.6. The molecular weight excluding hydrogens is 186 g/mol. The zero-order valence-corrected chi connectivity index (χ0v) is 10.1. The van der Waals surface area contributed by atoms with Crippen LogP contribution in [0.3, 0.4) is 0 Å². The van der Waals surface area contributed by atoms with Crippen molar-refractivity contribution in [2.24, 2.45) is 5.92 Å². The zero-order chi connectivity index (χ0) is 10.9. The van der Waals surface area contributed by atoms with Crippen LogP contribution in [0, 0.1) is 5.92 Å². The molecule has 0 aromatic carbocycles. The molecule has 0 amide bonds. The van der Waals surface area contributed by atoms with Crippen LogP contribution in [-0.2, 0) is 0 Å². The van der Waals surface area contributed by atoms with Crippen LogP contribution in [0.15, 0.2) is 0 Å². The fraction of sp³-hybridized carbons (Fsp3) is 1.00. The summed E-state index contributed by atoms with van der Waals surface area (Å²) in [7, 11) is 0. The van der Waals surface area contributed by atoms with Crippen molar-refractivity contribution in [1.29, 1.82) is 0 Å². The molecule has 2 aliphatic heterocycles. The Labute approximate surface area is 93.5 Å². The molecule has 2 unspecified atom stereocenters. The number of fused-ring (bicyclic) bond motifs is 2. The molecule has 88 valence electrons. The monoisotopic (exact) mass is 211 g/mol. The van der Waals surface area contributed by atoms with Gasteiger partial charge in [-0.05, 0) is 38.0 Å². The van der Waals surface area contributed by atoms with Gasteiger partial charge in [-0.3, -0.25) is 0 Å². The van der Waals surface area contributed by atoms with Crippen LogP contribution in [0.5, 0.6) is 0 Å². The molecule has 2 rings (SSSR count). The van der Waals surface area contributed by atoms with Gasteiger partial charge in [0.25, 0.3) is 0 Å². The Balaban J connectivity index is 1.94. The summed E-state index contributed by atoms with van der Waals surface area (Å²) in [4.78, 5) is 0.